The summed E-state index contributed by atoms with van der Waals surface area (Å²) in [4.78, 5) is 2.47. The van der Waals surface area contributed by atoms with Crippen molar-refractivity contribution in [3.63, 3.8) is 0 Å². The van der Waals surface area contributed by atoms with Gasteiger partial charge in [0.15, 0.2) is 0 Å². The van der Waals surface area contributed by atoms with Gasteiger partial charge in [-0.3, -0.25) is 0 Å². The van der Waals surface area contributed by atoms with Crippen molar-refractivity contribution in [3.05, 3.63) is 65.4 Å². The summed E-state index contributed by atoms with van der Waals surface area (Å²) >= 11 is 0. The largest absolute Gasteiger partial charge is 0.337 e. The van der Waals surface area contributed by atoms with E-state index in [-0.39, 0.29) is 0 Å². The molecule has 18 heavy (non-hydrogen) atoms. The highest BCUT2D eigenvalue weighted by atomic mass is 15.2. The number of hydrogen-bond donors (Lipinski definition) is 0. The maximum absolute atomic E-state index is 4.00. The number of anilines is 1. The molecule has 0 aliphatic carbocycles. The molecule has 1 atom stereocenters. The Morgan fingerprint density at radius 2 is 2.06 bits per heavy atom. The molecule has 1 aromatic rings. The Morgan fingerprint density at radius 3 is 2.78 bits per heavy atom. The Labute approximate surface area is 109 Å². The van der Waals surface area contributed by atoms with Crippen LogP contribution < -0.4 is 4.90 Å². The summed E-state index contributed by atoms with van der Waals surface area (Å²) in [6.07, 6.45) is 6.61. The Balaban J connectivity index is 2.08. The minimum atomic E-state index is 0.598. The van der Waals surface area contributed by atoms with Crippen molar-refractivity contribution < 1.29 is 0 Å². The number of benzene rings is 1. The average Bonchev–Trinajstić information content (AvgIpc) is 2.83. The number of para-hydroxylation sites is 1. The maximum Gasteiger partial charge on any atom is 0.0446 e. The molecular formula is C17H19N. The van der Waals surface area contributed by atoms with Crippen molar-refractivity contribution in [2.45, 2.75) is 32.7 Å². The molecule has 1 aromatic carbocycles. The van der Waals surface area contributed by atoms with Gasteiger partial charge in [0.1, 0.15) is 0 Å². The molecule has 1 nitrogen and oxygen atoms in total. The Kier molecular flexibility index (Phi) is 2.62. The zero-order valence-corrected chi connectivity index (χ0v) is 11.1. The van der Waals surface area contributed by atoms with Gasteiger partial charge in [-0.15, -0.1) is 0 Å². The van der Waals surface area contributed by atoms with Crippen LogP contribution in [0.2, 0.25) is 0 Å². The fraction of sp³-hybridized carbons (Fsp3) is 0.294. The van der Waals surface area contributed by atoms with Gasteiger partial charge in [0.25, 0.3) is 0 Å². The molecule has 2 heterocycles. The molecule has 3 rings (SSSR count). The summed E-state index contributed by atoms with van der Waals surface area (Å²) < 4.78 is 0. The van der Waals surface area contributed by atoms with E-state index >= 15 is 0 Å². The zero-order chi connectivity index (χ0) is 12.7. The zero-order valence-electron chi connectivity index (χ0n) is 11.1. The second kappa shape index (κ2) is 4.16. The van der Waals surface area contributed by atoms with Crippen LogP contribution >= 0.6 is 0 Å². The highest BCUT2D eigenvalue weighted by Crippen LogP contribution is 2.43. The summed E-state index contributed by atoms with van der Waals surface area (Å²) in [5.74, 6) is 0. The normalized spacial score (nSPS) is 20.8. The quantitative estimate of drug-likeness (QED) is 0.744. The first kappa shape index (κ1) is 11.3. The maximum atomic E-state index is 4.00. The smallest absolute Gasteiger partial charge is 0.0446 e. The van der Waals surface area contributed by atoms with Crippen LogP contribution in [0.25, 0.3) is 0 Å². The summed E-state index contributed by atoms with van der Waals surface area (Å²) in [5, 5.41) is 0. The molecule has 92 valence electrons. The molecule has 0 N–H and O–H groups in total. The molecule has 0 spiro atoms. The van der Waals surface area contributed by atoms with E-state index in [1.54, 1.807) is 0 Å². The number of rotatable bonds is 2. The third-order valence-electron chi connectivity index (χ3n) is 3.77. The fourth-order valence-corrected chi connectivity index (χ4v) is 3.17. The molecule has 0 aromatic heterocycles. The van der Waals surface area contributed by atoms with Gasteiger partial charge < -0.3 is 4.90 Å². The van der Waals surface area contributed by atoms with Gasteiger partial charge in [-0.2, -0.15) is 0 Å². The Bertz CT molecular complexity index is 559. The van der Waals surface area contributed by atoms with Crippen molar-refractivity contribution in [1.29, 1.82) is 0 Å². The van der Waals surface area contributed by atoms with Crippen LogP contribution in [-0.2, 0) is 6.42 Å². The molecule has 1 heteroatoms. The van der Waals surface area contributed by atoms with E-state index in [2.05, 4.69) is 55.7 Å². The van der Waals surface area contributed by atoms with E-state index < -0.39 is 0 Å². The van der Waals surface area contributed by atoms with Gasteiger partial charge in [-0.25, -0.2) is 0 Å². The van der Waals surface area contributed by atoms with Gasteiger partial charge >= 0.3 is 0 Å². The first-order valence-electron chi connectivity index (χ1n) is 6.58. The molecule has 1 unspecified atom stereocenters. The summed E-state index contributed by atoms with van der Waals surface area (Å²) in [6, 6.07) is 9.33. The van der Waals surface area contributed by atoms with Gasteiger partial charge in [-0.05, 0) is 50.0 Å². The molecule has 0 saturated carbocycles. The second-order valence-electron chi connectivity index (χ2n) is 5.40. The Hall–Kier alpha value is -1.76. The van der Waals surface area contributed by atoms with Gasteiger partial charge in [0.2, 0.25) is 0 Å². The highest BCUT2D eigenvalue weighted by Gasteiger charge is 2.36. The van der Waals surface area contributed by atoms with Gasteiger partial charge in [0.05, 0.1) is 0 Å². The van der Waals surface area contributed by atoms with E-state index in [1.807, 2.05) is 6.08 Å². The monoisotopic (exact) mass is 237 g/mol. The molecule has 2 aliphatic rings. The van der Waals surface area contributed by atoms with Crippen LogP contribution in [0.4, 0.5) is 5.69 Å². The molecule has 0 fully saturated rings. The van der Waals surface area contributed by atoms with Crippen molar-refractivity contribution in [3.8, 4) is 0 Å². The van der Waals surface area contributed by atoms with Crippen LogP contribution in [0.15, 0.2) is 59.8 Å². The first-order valence-corrected chi connectivity index (χ1v) is 6.58. The lowest BCUT2D eigenvalue weighted by molar-refractivity contribution is 0.715. The average molecular weight is 237 g/mol. The summed E-state index contributed by atoms with van der Waals surface area (Å²) in [5.41, 5.74) is 6.93. The van der Waals surface area contributed by atoms with Crippen LogP contribution in [0.3, 0.4) is 0 Å². The predicted octanol–water partition coefficient (Wildman–Crippen LogP) is 4.23. The second-order valence-corrected chi connectivity index (χ2v) is 5.40. The molecule has 0 amide bonds. The van der Waals surface area contributed by atoms with Crippen LogP contribution in [0, 0.1) is 0 Å². The van der Waals surface area contributed by atoms with Gasteiger partial charge in [0, 0.05) is 17.4 Å². The molecule has 2 aliphatic heterocycles. The van der Waals surface area contributed by atoms with E-state index in [0.717, 1.165) is 12.8 Å². The number of hydrogen-bond acceptors (Lipinski definition) is 1. The third-order valence-corrected chi connectivity index (χ3v) is 3.77. The highest BCUT2D eigenvalue weighted by molar-refractivity contribution is 5.69. The predicted molar refractivity (Wildman–Crippen MR) is 77.7 cm³/mol. The van der Waals surface area contributed by atoms with Crippen molar-refractivity contribution >= 4 is 5.69 Å². The molecular weight excluding hydrogens is 218 g/mol. The van der Waals surface area contributed by atoms with Crippen molar-refractivity contribution in [2.24, 2.45) is 0 Å². The lowest BCUT2D eigenvalue weighted by Crippen LogP contribution is -2.24. The van der Waals surface area contributed by atoms with Crippen molar-refractivity contribution in [2.75, 3.05) is 4.90 Å². The fourth-order valence-electron chi connectivity index (χ4n) is 3.17. The van der Waals surface area contributed by atoms with Crippen LogP contribution in [-0.4, -0.2) is 6.04 Å². The minimum Gasteiger partial charge on any atom is -0.337 e. The van der Waals surface area contributed by atoms with Crippen LogP contribution in [0.5, 0.6) is 0 Å². The molecule has 0 bridgehead atoms. The SMILES string of the molecule is C=CC1=C(C=C(C)C)CC2Cc3ccccc3N12. The van der Waals surface area contributed by atoms with E-state index in [1.165, 1.54) is 28.1 Å². The van der Waals surface area contributed by atoms with E-state index in [9.17, 15) is 0 Å². The van der Waals surface area contributed by atoms with Crippen molar-refractivity contribution in [1.82, 2.24) is 0 Å². The number of allylic oxidation sites excluding steroid dienone is 3. The van der Waals surface area contributed by atoms with Crippen LogP contribution in [0.1, 0.15) is 25.8 Å². The Morgan fingerprint density at radius 1 is 1.28 bits per heavy atom. The standard InChI is InChI=1S/C17H19N/c1-4-16-14(9-12(2)3)11-15-10-13-7-5-6-8-17(13)18(15)16/h4-9,15H,1,10-11H2,2-3H3. The van der Waals surface area contributed by atoms with Gasteiger partial charge in [-0.1, -0.05) is 36.4 Å². The number of nitrogens with zero attached hydrogens (tertiary/aromatic N) is 1. The third kappa shape index (κ3) is 1.62. The molecule has 0 saturated heterocycles. The first-order chi connectivity index (χ1) is 8.70. The number of fused-ring (bicyclic) bond motifs is 3. The summed E-state index contributed by atoms with van der Waals surface area (Å²) in [7, 11) is 0. The lowest BCUT2D eigenvalue weighted by atomic mass is 10.0. The summed E-state index contributed by atoms with van der Waals surface area (Å²) in [6.45, 7) is 8.32. The van der Waals surface area contributed by atoms with E-state index in [0.29, 0.717) is 6.04 Å². The topological polar surface area (TPSA) is 3.24 Å². The molecule has 0 radical (unpaired) electrons. The van der Waals surface area contributed by atoms with E-state index in [4.69, 9.17) is 0 Å². The minimum absolute atomic E-state index is 0.598. The lowest BCUT2D eigenvalue weighted by Gasteiger charge is -2.21.